The minimum Gasteiger partial charge on any atom is -0.496 e. The summed E-state index contributed by atoms with van der Waals surface area (Å²) in [5, 5.41) is 14.7. The second-order valence-corrected chi connectivity index (χ2v) is 7.73. The molecule has 0 saturated carbocycles. The maximum absolute atomic E-state index is 12.7. The molecule has 4 rings (SSSR count). The van der Waals surface area contributed by atoms with Crippen molar-refractivity contribution in [2.24, 2.45) is 0 Å². The lowest BCUT2D eigenvalue weighted by Crippen LogP contribution is -2.25. The summed E-state index contributed by atoms with van der Waals surface area (Å²) in [4.78, 5) is 37.9. The lowest BCUT2D eigenvalue weighted by Gasteiger charge is -2.10. The van der Waals surface area contributed by atoms with Crippen molar-refractivity contribution < 1.29 is 19.1 Å². The van der Waals surface area contributed by atoms with Crippen LogP contribution in [0.3, 0.4) is 0 Å². The van der Waals surface area contributed by atoms with Crippen molar-refractivity contribution in [3.8, 4) is 5.75 Å². The van der Waals surface area contributed by atoms with Crippen molar-refractivity contribution in [3.63, 3.8) is 0 Å². The highest BCUT2D eigenvalue weighted by Crippen LogP contribution is 2.21. The van der Waals surface area contributed by atoms with Crippen LogP contribution in [0.25, 0.3) is 0 Å². The number of para-hydroxylation sites is 3. The molecule has 0 atom stereocenters. The van der Waals surface area contributed by atoms with Gasteiger partial charge in [0.2, 0.25) is 0 Å². The van der Waals surface area contributed by atoms with Crippen LogP contribution in [-0.2, 0) is 6.54 Å². The van der Waals surface area contributed by atoms with Gasteiger partial charge in [0.15, 0.2) is 0 Å². The third kappa shape index (κ3) is 5.50. The minimum atomic E-state index is -0.454. The van der Waals surface area contributed by atoms with Gasteiger partial charge in [-0.15, -0.1) is 0 Å². The number of aromatic amines is 1. The highest BCUT2D eigenvalue weighted by molar-refractivity contribution is 6.09. The zero-order valence-corrected chi connectivity index (χ0v) is 19.4. The normalized spacial score (nSPS) is 10.4. The standard InChI is InChI=1S/C26H24N6O4/c1-36-22-9-5-2-6-18(22)25(34)31-21-15-29-32-23(21)26(35)28-14-16-10-12-17(13-11-16)24(33)30-20-8-4-3-7-19(20)27/h2-13,15H,14,27H2,1H3,(H,28,35)(H,29,32)(H,30,33)(H,31,34). The molecule has 3 aromatic carbocycles. The molecule has 1 heterocycles. The number of amides is 3. The first-order valence-electron chi connectivity index (χ1n) is 11.0. The Morgan fingerprint density at radius 1 is 0.861 bits per heavy atom. The van der Waals surface area contributed by atoms with Gasteiger partial charge in [0.05, 0.1) is 35.9 Å². The topological polar surface area (TPSA) is 151 Å². The third-order valence-corrected chi connectivity index (χ3v) is 5.34. The van der Waals surface area contributed by atoms with Crippen molar-refractivity contribution in [2.45, 2.75) is 6.54 Å². The number of benzene rings is 3. The largest absolute Gasteiger partial charge is 0.496 e. The van der Waals surface area contributed by atoms with E-state index < -0.39 is 11.8 Å². The fraction of sp³-hybridized carbons (Fsp3) is 0.0769. The maximum atomic E-state index is 12.7. The SMILES string of the molecule is COc1ccccc1C(=O)Nc1cn[nH]c1C(=O)NCc1ccc(C(=O)Nc2ccccc2N)cc1. The number of anilines is 3. The number of aromatic nitrogens is 2. The highest BCUT2D eigenvalue weighted by atomic mass is 16.5. The molecule has 6 N–H and O–H groups in total. The van der Waals surface area contributed by atoms with Gasteiger partial charge >= 0.3 is 0 Å². The van der Waals surface area contributed by atoms with E-state index in [1.165, 1.54) is 13.3 Å². The molecule has 0 aliphatic carbocycles. The smallest absolute Gasteiger partial charge is 0.271 e. The van der Waals surface area contributed by atoms with E-state index in [4.69, 9.17) is 10.5 Å². The van der Waals surface area contributed by atoms with Gasteiger partial charge in [-0.3, -0.25) is 19.5 Å². The number of H-pyrrole nitrogens is 1. The van der Waals surface area contributed by atoms with Crippen LogP contribution < -0.4 is 26.4 Å². The Morgan fingerprint density at radius 3 is 2.31 bits per heavy atom. The van der Waals surface area contributed by atoms with E-state index in [1.54, 1.807) is 72.8 Å². The molecule has 0 spiro atoms. The molecule has 10 heteroatoms. The molecule has 4 aromatic rings. The first-order valence-corrected chi connectivity index (χ1v) is 11.0. The Labute approximate surface area is 206 Å². The van der Waals surface area contributed by atoms with Crippen molar-refractivity contribution in [3.05, 3.63) is 101 Å². The van der Waals surface area contributed by atoms with Gasteiger partial charge < -0.3 is 26.4 Å². The van der Waals surface area contributed by atoms with Gasteiger partial charge in [-0.25, -0.2) is 0 Å². The summed E-state index contributed by atoms with van der Waals surface area (Å²) in [6, 6.07) is 20.5. The predicted molar refractivity (Wildman–Crippen MR) is 136 cm³/mol. The minimum absolute atomic E-state index is 0.106. The van der Waals surface area contributed by atoms with Crippen LogP contribution in [0.2, 0.25) is 0 Å². The number of rotatable bonds is 8. The summed E-state index contributed by atoms with van der Waals surface area (Å²) in [5.74, 6) is -0.775. The third-order valence-electron chi connectivity index (χ3n) is 5.34. The number of methoxy groups -OCH3 is 1. The van der Waals surface area contributed by atoms with Gasteiger partial charge in [0.1, 0.15) is 11.4 Å². The van der Waals surface area contributed by atoms with Crippen LogP contribution in [0, 0.1) is 0 Å². The molecular formula is C26H24N6O4. The number of hydrogen-bond donors (Lipinski definition) is 5. The predicted octanol–water partition coefficient (Wildman–Crippen LogP) is 3.44. The summed E-state index contributed by atoms with van der Waals surface area (Å²) < 4.78 is 5.21. The summed E-state index contributed by atoms with van der Waals surface area (Å²) in [6.45, 7) is 0.200. The number of nitrogens with zero attached hydrogens (tertiary/aromatic N) is 1. The lowest BCUT2D eigenvalue weighted by molar-refractivity contribution is 0.0945. The molecule has 0 fully saturated rings. The van der Waals surface area contributed by atoms with Crippen molar-refractivity contribution in [1.29, 1.82) is 0 Å². The molecule has 0 aliphatic rings. The van der Waals surface area contributed by atoms with Gasteiger partial charge in [-0.2, -0.15) is 5.10 Å². The number of nitrogens with one attached hydrogen (secondary N) is 4. The zero-order chi connectivity index (χ0) is 25.5. The van der Waals surface area contributed by atoms with E-state index in [-0.39, 0.29) is 23.8 Å². The fourth-order valence-corrected chi connectivity index (χ4v) is 3.43. The van der Waals surface area contributed by atoms with Crippen molar-refractivity contribution in [1.82, 2.24) is 15.5 Å². The van der Waals surface area contributed by atoms with Crippen LogP contribution in [-0.4, -0.2) is 35.0 Å². The van der Waals surface area contributed by atoms with Crippen LogP contribution in [0.15, 0.2) is 79.0 Å². The first kappa shape index (κ1) is 24.0. The van der Waals surface area contributed by atoms with Crippen LogP contribution >= 0.6 is 0 Å². The Morgan fingerprint density at radius 2 is 1.56 bits per heavy atom. The zero-order valence-electron chi connectivity index (χ0n) is 19.4. The lowest BCUT2D eigenvalue weighted by atomic mass is 10.1. The van der Waals surface area contributed by atoms with E-state index in [0.29, 0.717) is 28.3 Å². The van der Waals surface area contributed by atoms with Gasteiger partial charge in [0, 0.05) is 12.1 Å². The Kier molecular flexibility index (Phi) is 7.25. The molecule has 36 heavy (non-hydrogen) atoms. The molecule has 0 aliphatic heterocycles. The van der Waals surface area contributed by atoms with Crippen LogP contribution in [0.5, 0.6) is 5.75 Å². The number of nitrogens with two attached hydrogens (primary N) is 1. The molecule has 0 unspecified atom stereocenters. The molecule has 3 amide bonds. The second-order valence-electron chi connectivity index (χ2n) is 7.73. The average molecular weight is 485 g/mol. The van der Waals surface area contributed by atoms with Crippen LogP contribution in [0.1, 0.15) is 36.8 Å². The van der Waals surface area contributed by atoms with Gasteiger partial charge in [-0.05, 0) is 42.0 Å². The second kappa shape index (κ2) is 10.9. The van der Waals surface area contributed by atoms with E-state index in [9.17, 15) is 14.4 Å². The quantitative estimate of drug-likeness (QED) is 0.242. The molecular weight excluding hydrogens is 460 g/mol. The Balaban J connectivity index is 1.35. The first-order chi connectivity index (χ1) is 17.5. The number of ether oxygens (including phenoxy) is 1. The fourth-order valence-electron chi connectivity index (χ4n) is 3.43. The summed E-state index contributed by atoms with van der Waals surface area (Å²) in [5.41, 5.74) is 8.76. The van der Waals surface area contributed by atoms with Crippen molar-refractivity contribution in [2.75, 3.05) is 23.5 Å². The van der Waals surface area contributed by atoms with E-state index in [2.05, 4.69) is 26.1 Å². The maximum Gasteiger partial charge on any atom is 0.271 e. The number of carbonyl (C=O) groups excluding carboxylic acids is 3. The molecule has 182 valence electrons. The number of nitrogen functional groups attached to an aromatic ring is 1. The molecule has 1 aromatic heterocycles. The number of hydrogen-bond acceptors (Lipinski definition) is 6. The molecule has 0 bridgehead atoms. The average Bonchev–Trinajstić information content (AvgIpc) is 3.37. The van der Waals surface area contributed by atoms with E-state index in [0.717, 1.165) is 5.56 Å². The summed E-state index contributed by atoms with van der Waals surface area (Å²) in [6.07, 6.45) is 1.36. The Hall–Kier alpha value is -5.12. The van der Waals surface area contributed by atoms with Gasteiger partial charge in [-0.1, -0.05) is 36.4 Å². The van der Waals surface area contributed by atoms with Crippen molar-refractivity contribution >= 4 is 34.8 Å². The molecule has 10 nitrogen and oxygen atoms in total. The summed E-state index contributed by atoms with van der Waals surface area (Å²) >= 11 is 0. The molecule has 0 saturated heterocycles. The van der Waals surface area contributed by atoms with E-state index >= 15 is 0 Å². The van der Waals surface area contributed by atoms with Crippen LogP contribution in [0.4, 0.5) is 17.1 Å². The Bertz CT molecular complexity index is 1400. The van der Waals surface area contributed by atoms with E-state index in [1.807, 2.05) is 0 Å². The highest BCUT2D eigenvalue weighted by Gasteiger charge is 2.18. The summed E-state index contributed by atoms with van der Waals surface area (Å²) in [7, 11) is 1.47. The number of carbonyl (C=O) groups is 3. The molecule has 0 radical (unpaired) electrons. The van der Waals surface area contributed by atoms with Gasteiger partial charge in [0.25, 0.3) is 17.7 Å². The monoisotopic (exact) mass is 484 g/mol.